The molecule has 0 unspecified atom stereocenters. The van der Waals surface area contributed by atoms with Gasteiger partial charge in [0.25, 0.3) is 0 Å². The fraction of sp³-hybridized carbons (Fsp3) is 0.385. The fourth-order valence-corrected chi connectivity index (χ4v) is 3.19. The van der Waals surface area contributed by atoms with Crippen molar-refractivity contribution in [2.45, 2.75) is 19.1 Å². The van der Waals surface area contributed by atoms with E-state index < -0.39 is 18.1 Å². The van der Waals surface area contributed by atoms with Gasteiger partial charge in [0.15, 0.2) is 0 Å². The standard InChI is InChI=1S/C13H11F3INO3/c1-21-11(19)7-4-8-6-18(12(20)13(14,15)16)3-2-9(8)10(17)5-7/h4-5H,2-3,6H2,1H3. The minimum absolute atomic E-state index is 0.0128. The van der Waals surface area contributed by atoms with Crippen molar-refractivity contribution in [3.63, 3.8) is 0 Å². The van der Waals surface area contributed by atoms with Crippen molar-refractivity contribution in [2.75, 3.05) is 13.7 Å². The SMILES string of the molecule is COC(=O)c1cc(I)c2c(c1)CN(C(=O)C(F)(F)F)CC2. The topological polar surface area (TPSA) is 46.6 Å². The molecule has 2 rings (SSSR count). The van der Waals surface area contributed by atoms with Gasteiger partial charge in [0.1, 0.15) is 0 Å². The monoisotopic (exact) mass is 413 g/mol. The molecule has 4 nitrogen and oxygen atoms in total. The molecule has 0 saturated carbocycles. The lowest BCUT2D eigenvalue weighted by atomic mass is 9.97. The molecular formula is C13H11F3INO3. The lowest BCUT2D eigenvalue weighted by Gasteiger charge is -2.30. The van der Waals surface area contributed by atoms with E-state index in [1.807, 2.05) is 22.6 Å². The van der Waals surface area contributed by atoms with E-state index >= 15 is 0 Å². The van der Waals surface area contributed by atoms with Crippen molar-refractivity contribution in [2.24, 2.45) is 0 Å². The Balaban J connectivity index is 2.33. The molecule has 0 fully saturated rings. The van der Waals surface area contributed by atoms with E-state index in [9.17, 15) is 22.8 Å². The van der Waals surface area contributed by atoms with Crippen LogP contribution < -0.4 is 0 Å². The molecule has 0 saturated heterocycles. The summed E-state index contributed by atoms with van der Waals surface area (Å²) in [6.07, 6.45) is -4.55. The molecule has 1 aromatic rings. The Morgan fingerprint density at radius 2 is 2.00 bits per heavy atom. The molecule has 0 spiro atoms. The summed E-state index contributed by atoms with van der Waals surface area (Å²) in [5, 5.41) is 0. The Morgan fingerprint density at radius 3 is 2.57 bits per heavy atom. The average Bonchev–Trinajstić information content (AvgIpc) is 2.43. The molecule has 0 radical (unpaired) electrons. The van der Waals surface area contributed by atoms with Crippen LogP contribution >= 0.6 is 22.6 Å². The molecule has 0 N–H and O–H groups in total. The first-order valence-electron chi connectivity index (χ1n) is 5.99. The third kappa shape index (κ3) is 3.30. The van der Waals surface area contributed by atoms with Crippen LogP contribution in [0.5, 0.6) is 0 Å². The predicted octanol–water partition coefficient (Wildman–Crippen LogP) is 2.52. The number of carbonyl (C=O) groups is 2. The number of hydrogen-bond donors (Lipinski definition) is 0. The molecule has 1 aromatic carbocycles. The first kappa shape index (κ1) is 16.1. The number of benzene rings is 1. The van der Waals surface area contributed by atoms with Gasteiger partial charge >= 0.3 is 18.1 Å². The second kappa shape index (κ2) is 5.82. The van der Waals surface area contributed by atoms with Crippen LogP contribution in [0.25, 0.3) is 0 Å². The zero-order valence-corrected chi connectivity index (χ0v) is 13.1. The lowest BCUT2D eigenvalue weighted by molar-refractivity contribution is -0.186. The first-order valence-corrected chi connectivity index (χ1v) is 7.07. The lowest BCUT2D eigenvalue weighted by Crippen LogP contribution is -2.43. The minimum atomic E-state index is -4.88. The van der Waals surface area contributed by atoms with Crippen molar-refractivity contribution >= 4 is 34.5 Å². The average molecular weight is 413 g/mol. The summed E-state index contributed by atoms with van der Waals surface area (Å²) in [5.74, 6) is -2.42. The number of rotatable bonds is 1. The maximum absolute atomic E-state index is 12.5. The van der Waals surface area contributed by atoms with Crippen LogP contribution in [0.3, 0.4) is 0 Å². The van der Waals surface area contributed by atoms with E-state index in [-0.39, 0.29) is 18.7 Å². The van der Waals surface area contributed by atoms with Gasteiger partial charge in [-0.05, 0) is 52.3 Å². The van der Waals surface area contributed by atoms with Gasteiger partial charge in [-0.1, -0.05) is 0 Å². The number of amides is 1. The summed E-state index contributed by atoms with van der Waals surface area (Å²) < 4.78 is 42.8. The summed E-state index contributed by atoms with van der Waals surface area (Å²) in [5.41, 5.74) is 1.68. The quantitative estimate of drug-likeness (QED) is 0.526. The van der Waals surface area contributed by atoms with Gasteiger partial charge in [-0.3, -0.25) is 4.79 Å². The summed E-state index contributed by atoms with van der Waals surface area (Å²) in [6.45, 7) is -0.145. The van der Waals surface area contributed by atoms with E-state index in [1.54, 1.807) is 6.07 Å². The molecule has 1 aliphatic rings. The van der Waals surface area contributed by atoms with Crippen LogP contribution in [-0.4, -0.2) is 36.6 Å². The van der Waals surface area contributed by atoms with Gasteiger partial charge in [-0.15, -0.1) is 0 Å². The van der Waals surface area contributed by atoms with E-state index in [0.717, 1.165) is 14.0 Å². The molecular weight excluding hydrogens is 402 g/mol. The largest absolute Gasteiger partial charge is 0.471 e. The van der Waals surface area contributed by atoms with Gasteiger partial charge in [0.2, 0.25) is 0 Å². The number of methoxy groups -OCH3 is 1. The molecule has 114 valence electrons. The zero-order chi connectivity index (χ0) is 15.8. The summed E-state index contributed by atoms with van der Waals surface area (Å²) in [6, 6.07) is 3.12. The second-order valence-electron chi connectivity index (χ2n) is 4.56. The number of halogens is 4. The molecule has 1 heterocycles. The normalized spacial score (nSPS) is 14.6. The second-order valence-corrected chi connectivity index (χ2v) is 5.72. The highest BCUT2D eigenvalue weighted by molar-refractivity contribution is 14.1. The van der Waals surface area contributed by atoms with Gasteiger partial charge < -0.3 is 9.64 Å². The molecule has 0 atom stereocenters. The van der Waals surface area contributed by atoms with Crippen LogP contribution in [0.15, 0.2) is 12.1 Å². The highest BCUT2D eigenvalue weighted by Gasteiger charge is 2.43. The molecule has 0 bridgehead atoms. The van der Waals surface area contributed by atoms with E-state index in [2.05, 4.69) is 4.74 Å². The van der Waals surface area contributed by atoms with Crippen LogP contribution in [0.4, 0.5) is 13.2 Å². The van der Waals surface area contributed by atoms with Gasteiger partial charge in [0.05, 0.1) is 12.7 Å². The third-order valence-corrected chi connectivity index (χ3v) is 4.19. The van der Waals surface area contributed by atoms with Crippen molar-refractivity contribution in [3.05, 3.63) is 32.4 Å². The van der Waals surface area contributed by atoms with Gasteiger partial charge in [-0.25, -0.2) is 4.79 Å². The van der Waals surface area contributed by atoms with Crippen LogP contribution in [0.2, 0.25) is 0 Å². The Morgan fingerprint density at radius 1 is 1.33 bits per heavy atom. The maximum Gasteiger partial charge on any atom is 0.471 e. The highest BCUT2D eigenvalue weighted by Crippen LogP contribution is 2.28. The van der Waals surface area contributed by atoms with Crippen molar-refractivity contribution in [1.82, 2.24) is 4.90 Å². The van der Waals surface area contributed by atoms with Crippen LogP contribution in [-0.2, 0) is 22.5 Å². The molecule has 1 aliphatic heterocycles. The van der Waals surface area contributed by atoms with Crippen molar-refractivity contribution < 1.29 is 27.5 Å². The molecule has 0 aliphatic carbocycles. The molecule has 8 heteroatoms. The number of ether oxygens (including phenoxy) is 1. The number of hydrogen-bond acceptors (Lipinski definition) is 3. The van der Waals surface area contributed by atoms with E-state index in [0.29, 0.717) is 12.0 Å². The smallest absolute Gasteiger partial charge is 0.465 e. The Bertz CT molecular complexity index is 601. The van der Waals surface area contributed by atoms with Gasteiger partial charge in [0, 0.05) is 16.7 Å². The zero-order valence-electron chi connectivity index (χ0n) is 11.0. The summed E-state index contributed by atoms with van der Waals surface area (Å²) >= 11 is 2.03. The van der Waals surface area contributed by atoms with Crippen molar-refractivity contribution in [3.8, 4) is 0 Å². The Hall–Kier alpha value is -1.32. The summed E-state index contributed by atoms with van der Waals surface area (Å²) in [4.78, 5) is 23.6. The minimum Gasteiger partial charge on any atom is -0.465 e. The van der Waals surface area contributed by atoms with Crippen LogP contribution in [0, 0.1) is 3.57 Å². The van der Waals surface area contributed by atoms with E-state index in [4.69, 9.17) is 0 Å². The molecule has 1 amide bonds. The third-order valence-electron chi connectivity index (χ3n) is 3.23. The number of alkyl halides is 3. The number of carbonyl (C=O) groups excluding carboxylic acids is 2. The predicted molar refractivity (Wildman–Crippen MR) is 75.7 cm³/mol. The molecule has 21 heavy (non-hydrogen) atoms. The highest BCUT2D eigenvalue weighted by atomic mass is 127. The van der Waals surface area contributed by atoms with Gasteiger partial charge in [-0.2, -0.15) is 13.2 Å². The fourth-order valence-electron chi connectivity index (χ4n) is 2.23. The Labute approximate surface area is 132 Å². The first-order chi connectivity index (χ1) is 9.74. The number of nitrogens with zero attached hydrogens (tertiary/aromatic N) is 1. The molecule has 0 aromatic heterocycles. The summed E-state index contributed by atoms with van der Waals surface area (Å²) in [7, 11) is 1.23. The van der Waals surface area contributed by atoms with Crippen LogP contribution in [0.1, 0.15) is 21.5 Å². The number of fused-ring (bicyclic) bond motifs is 1. The van der Waals surface area contributed by atoms with E-state index in [1.165, 1.54) is 13.2 Å². The van der Waals surface area contributed by atoms with Crippen molar-refractivity contribution in [1.29, 1.82) is 0 Å². The number of esters is 1. The Kier molecular flexibility index (Phi) is 4.45. The maximum atomic E-state index is 12.5.